The van der Waals surface area contributed by atoms with Crippen molar-refractivity contribution in [3.05, 3.63) is 70.8 Å². The van der Waals surface area contributed by atoms with E-state index >= 15 is 0 Å². The second-order valence-corrected chi connectivity index (χ2v) is 6.16. The molecule has 0 unspecified atom stereocenters. The molecule has 148 valence electrons. The van der Waals surface area contributed by atoms with Crippen LogP contribution in [0.2, 0.25) is 0 Å². The molecule has 2 rings (SSSR count). The van der Waals surface area contributed by atoms with Crippen LogP contribution in [-0.2, 0) is 13.0 Å². The zero-order valence-corrected chi connectivity index (χ0v) is 16.5. The summed E-state index contributed by atoms with van der Waals surface area (Å²) in [6, 6.07) is 15.0. The predicted octanol–water partition coefficient (Wildman–Crippen LogP) is 1.31. The van der Waals surface area contributed by atoms with Crippen molar-refractivity contribution in [2.24, 2.45) is 4.99 Å². The predicted molar refractivity (Wildman–Crippen MR) is 112 cm³/mol. The Hall–Kier alpha value is -3.35. The minimum atomic E-state index is -0.0996. The Balaban J connectivity index is 1.82. The van der Waals surface area contributed by atoms with Crippen LogP contribution in [0.1, 0.15) is 31.8 Å². The number of carbonyl (C=O) groups excluding carboxylic acids is 2. The number of aliphatic imine (C=N–C) groups is 1. The van der Waals surface area contributed by atoms with E-state index in [0.717, 1.165) is 17.5 Å². The minimum absolute atomic E-state index is 0.0882. The molecule has 0 radical (unpaired) electrons. The van der Waals surface area contributed by atoms with Crippen LogP contribution in [0.5, 0.6) is 0 Å². The van der Waals surface area contributed by atoms with Gasteiger partial charge in [-0.1, -0.05) is 24.3 Å². The van der Waals surface area contributed by atoms with E-state index in [9.17, 15) is 9.59 Å². The van der Waals surface area contributed by atoms with E-state index in [1.807, 2.05) is 30.3 Å². The Kier molecular flexibility index (Phi) is 8.02. The Morgan fingerprint density at radius 2 is 1.54 bits per heavy atom. The van der Waals surface area contributed by atoms with Gasteiger partial charge in [-0.05, 0) is 41.8 Å². The van der Waals surface area contributed by atoms with Gasteiger partial charge in [-0.2, -0.15) is 0 Å². The van der Waals surface area contributed by atoms with Crippen LogP contribution in [0.4, 0.5) is 0 Å². The highest BCUT2D eigenvalue weighted by molar-refractivity contribution is 5.94. The first-order chi connectivity index (χ1) is 13.6. The fraction of sp³-hybridized carbons (Fsp3) is 0.286. The number of nitrogens with zero attached hydrogens (tertiary/aromatic N) is 1. The molecule has 0 aliphatic rings. The fourth-order valence-corrected chi connectivity index (χ4v) is 2.66. The molecule has 0 heterocycles. The van der Waals surface area contributed by atoms with E-state index in [0.29, 0.717) is 30.2 Å². The number of hydrogen-bond donors (Lipinski definition) is 4. The lowest BCUT2D eigenvalue weighted by molar-refractivity contribution is 0.0955. The summed E-state index contributed by atoms with van der Waals surface area (Å²) in [7, 11) is 4.96. The molecule has 0 atom stereocenters. The lowest BCUT2D eigenvalue weighted by Crippen LogP contribution is -2.37. The number of amides is 2. The molecule has 0 aliphatic carbocycles. The first-order valence-electron chi connectivity index (χ1n) is 9.14. The van der Waals surface area contributed by atoms with Gasteiger partial charge in [0, 0.05) is 45.4 Å². The molecule has 0 saturated heterocycles. The molecule has 2 amide bonds. The van der Waals surface area contributed by atoms with Gasteiger partial charge in [-0.25, -0.2) is 0 Å². The molecule has 28 heavy (non-hydrogen) atoms. The zero-order chi connectivity index (χ0) is 20.4. The number of carbonyl (C=O) groups is 2. The second kappa shape index (κ2) is 10.7. The van der Waals surface area contributed by atoms with Gasteiger partial charge >= 0.3 is 0 Å². The van der Waals surface area contributed by atoms with Crippen LogP contribution in [-0.4, -0.2) is 45.5 Å². The topological polar surface area (TPSA) is 94.6 Å². The SMILES string of the molecule is CN=C(NCCc1cccc(C(=O)NC)c1)NCc1ccc(C(=O)NC)cc1. The molecule has 0 bridgehead atoms. The third-order valence-corrected chi connectivity index (χ3v) is 4.25. The molecule has 2 aromatic carbocycles. The average molecular weight is 381 g/mol. The van der Waals surface area contributed by atoms with Crippen molar-refractivity contribution < 1.29 is 9.59 Å². The van der Waals surface area contributed by atoms with Crippen molar-refractivity contribution in [2.75, 3.05) is 27.7 Å². The van der Waals surface area contributed by atoms with Crippen molar-refractivity contribution >= 4 is 17.8 Å². The highest BCUT2D eigenvalue weighted by Crippen LogP contribution is 2.06. The summed E-state index contributed by atoms with van der Waals surface area (Å²) < 4.78 is 0. The highest BCUT2D eigenvalue weighted by Gasteiger charge is 2.05. The summed E-state index contributed by atoms with van der Waals surface area (Å²) in [6.07, 6.45) is 0.770. The summed E-state index contributed by atoms with van der Waals surface area (Å²) in [4.78, 5) is 27.5. The molecule has 2 aromatic rings. The maximum Gasteiger partial charge on any atom is 0.251 e. The Bertz CT molecular complexity index is 831. The normalized spacial score (nSPS) is 10.9. The third kappa shape index (κ3) is 6.12. The van der Waals surface area contributed by atoms with Crippen LogP contribution in [0.25, 0.3) is 0 Å². The molecule has 7 heteroatoms. The van der Waals surface area contributed by atoms with Crippen LogP contribution in [0, 0.1) is 0 Å². The van der Waals surface area contributed by atoms with Gasteiger partial charge < -0.3 is 21.3 Å². The standard InChI is InChI=1S/C21H27N5O2/c1-22-19(27)17-9-7-16(8-10-17)14-26-21(24-3)25-12-11-15-5-4-6-18(13-15)20(28)23-2/h4-10,13H,11-12,14H2,1-3H3,(H,22,27)(H,23,28)(H2,24,25,26). The molecule has 7 nitrogen and oxygen atoms in total. The Morgan fingerprint density at radius 3 is 2.18 bits per heavy atom. The van der Waals surface area contributed by atoms with Gasteiger partial charge in [0.25, 0.3) is 11.8 Å². The van der Waals surface area contributed by atoms with Crippen LogP contribution in [0.15, 0.2) is 53.5 Å². The van der Waals surface area contributed by atoms with Crippen molar-refractivity contribution in [3.8, 4) is 0 Å². The summed E-state index contributed by atoms with van der Waals surface area (Å²) in [5.74, 6) is 0.505. The number of rotatable bonds is 7. The van der Waals surface area contributed by atoms with Crippen molar-refractivity contribution in [1.29, 1.82) is 0 Å². The van der Waals surface area contributed by atoms with Gasteiger partial charge in [0.2, 0.25) is 0 Å². The molecule has 0 aliphatic heterocycles. The van der Waals surface area contributed by atoms with E-state index in [2.05, 4.69) is 26.3 Å². The van der Waals surface area contributed by atoms with Crippen molar-refractivity contribution in [3.63, 3.8) is 0 Å². The van der Waals surface area contributed by atoms with E-state index < -0.39 is 0 Å². The first-order valence-corrected chi connectivity index (χ1v) is 9.14. The van der Waals surface area contributed by atoms with E-state index in [4.69, 9.17) is 0 Å². The Morgan fingerprint density at radius 1 is 0.857 bits per heavy atom. The van der Waals surface area contributed by atoms with Gasteiger partial charge in [0.05, 0.1) is 0 Å². The van der Waals surface area contributed by atoms with Gasteiger partial charge in [0.1, 0.15) is 0 Å². The maximum absolute atomic E-state index is 11.7. The number of hydrogen-bond acceptors (Lipinski definition) is 3. The number of guanidine groups is 1. The summed E-state index contributed by atoms with van der Waals surface area (Å²) >= 11 is 0. The minimum Gasteiger partial charge on any atom is -0.356 e. The Labute approximate surface area is 165 Å². The van der Waals surface area contributed by atoms with Gasteiger partial charge in [-0.15, -0.1) is 0 Å². The summed E-state index contributed by atoms with van der Waals surface area (Å²) in [5.41, 5.74) is 3.41. The fourth-order valence-electron chi connectivity index (χ4n) is 2.66. The van der Waals surface area contributed by atoms with Gasteiger partial charge in [-0.3, -0.25) is 14.6 Å². The van der Waals surface area contributed by atoms with Crippen LogP contribution in [0.3, 0.4) is 0 Å². The molecular weight excluding hydrogens is 354 g/mol. The quantitative estimate of drug-likeness (QED) is 0.430. The molecule has 0 spiro atoms. The monoisotopic (exact) mass is 381 g/mol. The van der Waals surface area contributed by atoms with E-state index in [1.165, 1.54) is 0 Å². The van der Waals surface area contributed by atoms with E-state index in [-0.39, 0.29) is 11.8 Å². The average Bonchev–Trinajstić information content (AvgIpc) is 2.75. The lowest BCUT2D eigenvalue weighted by atomic mass is 10.1. The summed E-state index contributed by atoms with van der Waals surface area (Å²) in [5, 5.41) is 11.7. The lowest BCUT2D eigenvalue weighted by Gasteiger charge is -2.12. The molecule has 0 aromatic heterocycles. The number of benzene rings is 2. The second-order valence-electron chi connectivity index (χ2n) is 6.16. The molecule has 0 fully saturated rings. The molecule has 4 N–H and O–H groups in total. The third-order valence-electron chi connectivity index (χ3n) is 4.25. The van der Waals surface area contributed by atoms with Crippen LogP contribution >= 0.6 is 0 Å². The van der Waals surface area contributed by atoms with Crippen molar-refractivity contribution in [2.45, 2.75) is 13.0 Å². The molecule has 0 saturated carbocycles. The summed E-state index contributed by atoms with van der Waals surface area (Å²) in [6.45, 7) is 1.28. The zero-order valence-electron chi connectivity index (χ0n) is 16.5. The smallest absolute Gasteiger partial charge is 0.251 e. The van der Waals surface area contributed by atoms with Crippen molar-refractivity contribution in [1.82, 2.24) is 21.3 Å². The molecular formula is C21H27N5O2. The maximum atomic E-state index is 11.7. The van der Waals surface area contributed by atoms with Gasteiger partial charge in [0.15, 0.2) is 5.96 Å². The largest absolute Gasteiger partial charge is 0.356 e. The highest BCUT2D eigenvalue weighted by atomic mass is 16.2. The van der Waals surface area contributed by atoms with E-state index in [1.54, 1.807) is 39.3 Å². The number of nitrogens with one attached hydrogen (secondary N) is 4. The first kappa shape index (κ1) is 21.0. The van der Waals surface area contributed by atoms with Crippen LogP contribution < -0.4 is 21.3 Å².